The highest BCUT2D eigenvalue weighted by Crippen LogP contribution is 2.16. The van der Waals surface area contributed by atoms with Gasteiger partial charge in [-0.05, 0) is 29.8 Å². The summed E-state index contributed by atoms with van der Waals surface area (Å²) in [5, 5.41) is 13.5. The average molecular weight is 442 g/mol. The van der Waals surface area contributed by atoms with Crippen LogP contribution < -0.4 is 16.4 Å². The van der Waals surface area contributed by atoms with Crippen LogP contribution in [0.1, 0.15) is 22.3 Å². The number of rotatable bonds is 10. The van der Waals surface area contributed by atoms with Crippen LogP contribution in [0.4, 0.5) is 5.69 Å². The zero-order valence-corrected chi connectivity index (χ0v) is 17.4. The van der Waals surface area contributed by atoms with E-state index in [0.717, 1.165) is 0 Å². The molecule has 1 atom stereocenters. The standard InChI is InChI=1S/C21H22N4O5S/c22-10-11-24-21(28)17(14-31(29,30)13-15-4-2-1-3-5-15)12-19(26)25-18-8-6-16(7-9-18)20(23)27/h1-9,17H,11-14H2,(H2,23,27)(H,24,28)(H,25,26). The SMILES string of the molecule is N#CCNC(=O)C(CC(=O)Nc1ccc(C(N)=O)cc1)CS(=O)(=O)Cc1ccccc1. The molecule has 2 rings (SSSR count). The number of hydrogen-bond acceptors (Lipinski definition) is 6. The quantitative estimate of drug-likeness (QED) is 0.465. The van der Waals surface area contributed by atoms with Gasteiger partial charge >= 0.3 is 0 Å². The third kappa shape index (κ3) is 7.91. The minimum absolute atomic E-state index is 0.263. The van der Waals surface area contributed by atoms with Gasteiger partial charge in [0.25, 0.3) is 0 Å². The third-order valence-corrected chi connectivity index (χ3v) is 5.97. The number of benzene rings is 2. The molecule has 162 valence electrons. The predicted octanol–water partition coefficient (Wildman–Crippen LogP) is 0.985. The van der Waals surface area contributed by atoms with Crippen LogP contribution in [0.25, 0.3) is 0 Å². The molecule has 2 aromatic carbocycles. The van der Waals surface area contributed by atoms with Crippen molar-refractivity contribution in [2.75, 3.05) is 17.6 Å². The number of nitriles is 1. The second-order valence-corrected chi connectivity index (χ2v) is 8.92. The van der Waals surface area contributed by atoms with Crippen molar-refractivity contribution in [1.29, 1.82) is 5.26 Å². The summed E-state index contributed by atoms with van der Waals surface area (Å²) in [5.41, 5.74) is 6.36. The zero-order chi connectivity index (χ0) is 22.9. The fourth-order valence-electron chi connectivity index (χ4n) is 2.85. The van der Waals surface area contributed by atoms with Gasteiger partial charge in [0.1, 0.15) is 6.54 Å². The summed E-state index contributed by atoms with van der Waals surface area (Å²) < 4.78 is 25.2. The molecule has 2 aromatic rings. The van der Waals surface area contributed by atoms with Crippen LogP contribution in [-0.2, 0) is 25.2 Å². The smallest absolute Gasteiger partial charge is 0.248 e. The number of nitrogens with zero attached hydrogens (tertiary/aromatic N) is 1. The van der Waals surface area contributed by atoms with Crippen molar-refractivity contribution in [3.63, 3.8) is 0 Å². The molecule has 0 aliphatic heterocycles. The largest absolute Gasteiger partial charge is 0.366 e. The van der Waals surface area contributed by atoms with E-state index in [1.165, 1.54) is 24.3 Å². The molecule has 0 aromatic heterocycles. The van der Waals surface area contributed by atoms with E-state index in [9.17, 15) is 22.8 Å². The highest BCUT2D eigenvalue weighted by molar-refractivity contribution is 7.90. The highest BCUT2D eigenvalue weighted by atomic mass is 32.2. The fourth-order valence-corrected chi connectivity index (χ4v) is 4.55. The Morgan fingerprint density at radius 3 is 2.26 bits per heavy atom. The monoisotopic (exact) mass is 442 g/mol. The molecular formula is C21H22N4O5S. The van der Waals surface area contributed by atoms with E-state index in [2.05, 4.69) is 10.6 Å². The third-order valence-electron chi connectivity index (χ3n) is 4.28. The van der Waals surface area contributed by atoms with Crippen LogP contribution in [0.15, 0.2) is 54.6 Å². The van der Waals surface area contributed by atoms with Crippen LogP contribution in [-0.4, -0.2) is 38.4 Å². The van der Waals surface area contributed by atoms with Crippen molar-refractivity contribution in [2.45, 2.75) is 12.2 Å². The Labute approximate surface area is 180 Å². The van der Waals surface area contributed by atoms with Gasteiger partial charge in [-0.3, -0.25) is 14.4 Å². The lowest BCUT2D eigenvalue weighted by atomic mass is 10.1. The predicted molar refractivity (Wildman–Crippen MR) is 114 cm³/mol. The number of sulfone groups is 1. The summed E-state index contributed by atoms with van der Waals surface area (Å²) >= 11 is 0. The molecule has 0 spiro atoms. The van der Waals surface area contributed by atoms with Gasteiger partial charge in [0.05, 0.1) is 23.5 Å². The van der Waals surface area contributed by atoms with Gasteiger partial charge in [-0.2, -0.15) is 5.26 Å². The van der Waals surface area contributed by atoms with Crippen LogP contribution in [0, 0.1) is 17.2 Å². The second-order valence-electron chi connectivity index (χ2n) is 6.81. The van der Waals surface area contributed by atoms with E-state index in [1.54, 1.807) is 36.4 Å². The summed E-state index contributed by atoms with van der Waals surface area (Å²) in [5.74, 6) is -3.89. The van der Waals surface area contributed by atoms with Crippen molar-refractivity contribution in [3.05, 3.63) is 65.7 Å². The first-order chi connectivity index (χ1) is 14.7. The van der Waals surface area contributed by atoms with E-state index in [-0.39, 0.29) is 17.9 Å². The lowest BCUT2D eigenvalue weighted by Crippen LogP contribution is -2.37. The van der Waals surface area contributed by atoms with Crippen molar-refractivity contribution in [1.82, 2.24) is 5.32 Å². The summed E-state index contributed by atoms with van der Waals surface area (Å²) in [6, 6.07) is 16.0. The van der Waals surface area contributed by atoms with Gasteiger partial charge in [0, 0.05) is 17.7 Å². The molecule has 0 heterocycles. The number of primary amides is 1. The van der Waals surface area contributed by atoms with E-state index >= 15 is 0 Å². The molecule has 10 heteroatoms. The molecule has 1 unspecified atom stereocenters. The normalized spacial score (nSPS) is 11.7. The number of carbonyl (C=O) groups excluding carboxylic acids is 3. The lowest BCUT2D eigenvalue weighted by Gasteiger charge is -2.16. The number of carbonyl (C=O) groups is 3. The van der Waals surface area contributed by atoms with Crippen molar-refractivity contribution < 1.29 is 22.8 Å². The van der Waals surface area contributed by atoms with E-state index in [0.29, 0.717) is 11.3 Å². The molecular weight excluding hydrogens is 420 g/mol. The van der Waals surface area contributed by atoms with Crippen LogP contribution in [0.3, 0.4) is 0 Å². The van der Waals surface area contributed by atoms with Crippen molar-refractivity contribution in [3.8, 4) is 6.07 Å². The van der Waals surface area contributed by atoms with Gasteiger partial charge in [0.2, 0.25) is 17.7 Å². The lowest BCUT2D eigenvalue weighted by molar-refractivity contribution is -0.127. The van der Waals surface area contributed by atoms with Crippen LogP contribution in [0.2, 0.25) is 0 Å². The van der Waals surface area contributed by atoms with Gasteiger partial charge in [-0.15, -0.1) is 0 Å². The van der Waals surface area contributed by atoms with Crippen molar-refractivity contribution in [2.24, 2.45) is 11.7 Å². The maximum absolute atomic E-state index is 12.6. The maximum atomic E-state index is 12.6. The summed E-state index contributed by atoms with van der Waals surface area (Å²) in [6.07, 6.45) is -0.400. The van der Waals surface area contributed by atoms with Crippen molar-refractivity contribution >= 4 is 33.2 Å². The maximum Gasteiger partial charge on any atom is 0.248 e. The number of nitrogens with one attached hydrogen (secondary N) is 2. The topological polar surface area (TPSA) is 159 Å². The molecule has 0 bridgehead atoms. The molecule has 0 fully saturated rings. The van der Waals surface area contributed by atoms with E-state index < -0.39 is 45.7 Å². The number of nitrogens with two attached hydrogens (primary N) is 1. The molecule has 4 N–H and O–H groups in total. The molecule has 9 nitrogen and oxygen atoms in total. The van der Waals surface area contributed by atoms with Gasteiger partial charge < -0.3 is 16.4 Å². The molecule has 0 aliphatic carbocycles. The Morgan fingerprint density at radius 2 is 1.68 bits per heavy atom. The molecule has 0 aliphatic rings. The first kappa shape index (κ1) is 23.6. The molecule has 0 saturated carbocycles. The Kier molecular flexibility index (Phi) is 8.28. The Hall–Kier alpha value is -3.71. The first-order valence-electron chi connectivity index (χ1n) is 9.29. The van der Waals surface area contributed by atoms with Crippen LogP contribution >= 0.6 is 0 Å². The molecule has 0 radical (unpaired) electrons. The summed E-state index contributed by atoms with van der Waals surface area (Å²) in [4.78, 5) is 35.9. The minimum Gasteiger partial charge on any atom is -0.366 e. The Balaban J connectivity index is 2.09. The average Bonchev–Trinajstić information content (AvgIpc) is 2.72. The van der Waals surface area contributed by atoms with E-state index in [4.69, 9.17) is 11.0 Å². The number of amides is 3. The fraction of sp³-hybridized carbons (Fsp3) is 0.238. The molecule has 3 amide bonds. The summed E-state index contributed by atoms with van der Waals surface area (Å²) in [7, 11) is -3.71. The minimum atomic E-state index is -3.71. The highest BCUT2D eigenvalue weighted by Gasteiger charge is 2.28. The Bertz CT molecular complexity index is 1080. The number of hydrogen-bond donors (Lipinski definition) is 3. The van der Waals surface area contributed by atoms with Gasteiger partial charge in [0.15, 0.2) is 9.84 Å². The Morgan fingerprint density at radius 1 is 1.03 bits per heavy atom. The van der Waals surface area contributed by atoms with Gasteiger partial charge in [-0.1, -0.05) is 30.3 Å². The summed E-state index contributed by atoms with van der Waals surface area (Å²) in [6.45, 7) is -0.301. The second kappa shape index (κ2) is 10.9. The van der Waals surface area contributed by atoms with E-state index in [1.807, 2.05) is 0 Å². The number of anilines is 1. The first-order valence-corrected chi connectivity index (χ1v) is 11.1. The molecule has 0 saturated heterocycles. The zero-order valence-electron chi connectivity index (χ0n) is 16.6. The van der Waals surface area contributed by atoms with Gasteiger partial charge in [-0.25, -0.2) is 8.42 Å². The van der Waals surface area contributed by atoms with Crippen LogP contribution in [0.5, 0.6) is 0 Å². The molecule has 31 heavy (non-hydrogen) atoms.